The van der Waals surface area contributed by atoms with Crippen LogP contribution in [0.2, 0.25) is 5.02 Å². The Morgan fingerprint density at radius 3 is 2.36 bits per heavy atom. The normalized spacial score (nSPS) is 15.7. The summed E-state index contributed by atoms with van der Waals surface area (Å²) in [6, 6.07) is 15.6. The zero-order valence-electron chi connectivity index (χ0n) is 16.4. The zero-order chi connectivity index (χ0) is 19.9. The highest BCUT2D eigenvalue weighted by Gasteiger charge is 2.27. The Bertz CT molecular complexity index is 759. The van der Waals surface area contributed by atoms with Crippen LogP contribution < -0.4 is 20.4 Å². The Morgan fingerprint density at radius 2 is 1.75 bits per heavy atom. The van der Waals surface area contributed by atoms with Gasteiger partial charge in [0.1, 0.15) is 19.1 Å². The number of anilines is 2. The van der Waals surface area contributed by atoms with E-state index in [-0.39, 0.29) is 12.1 Å². The Labute approximate surface area is 171 Å². The molecule has 1 atom stereocenters. The lowest BCUT2D eigenvalue weighted by atomic mass is 10.0. The molecule has 2 amide bonds. The minimum atomic E-state index is -0.218. The molecule has 2 aromatic carbocycles. The maximum absolute atomic E-state index is 12.4. The first-order chi connectivity index (χ1) is 13.5. The summed E-state index contributed by atoms with van der Waals surface area (Å²) in [6.45, 7) is 3.91. The third-order valence-electron chi connectivity index (χ3n) is 5.01. The summed E-state index contributed by atoms with van der Waals surface area (Å²) in [4.78, 5) is 15.9. The summed E-state index contributed by atoms with van der Waals surface area (Å²) in [5.41, 5.74) is 3.09. The molecule has 0 unspecified atom stereocenters. The highest BCUT2D eigenvalue weighted by Crippen LogP contribution is 2.17. The molecule has 2 aromatic rings. The molecule has 1 saturated heterocycles. The number of hydrogen-bond donors (Lipinski definition) is 3. The van der Waals surface area contributed by atoms with Crippen molar-refractivity contribution in [2.75, 3.05) is 57.2 Å². The van der Waals surface area contributed by atoms with Crippen LogP contribution >= 0.6 is 11.6 Å². The second-order valence-electron chi connectivity index (χ2n) is 7.15. The molecular weight excluding hydrogens is 376 g/mol. The smallest absolute Gasteiger partial charge is 0.319 e. The quantitative estimate of drug-likeness (QED) is 0.693. The molecule has 1 aliphatic heterocycles. The molecule has 0 spiro atoms. The van der Waals surface area contributed by atoms with Crippen LogP contribution in [0.5, 0.6) is 0 Å². The molecule has 0 saturated carbocycles. The summed E-state index contributed by atoms with van der Waals surface area (Å²) in [7, 11) is 4.06. The summed E-state index contributed by atoms with van der Waals surface area (Å²) in [5, 5.41) is 6.52. The van der Waals surface area contributed by atoms with Gasteiger partial charge < -0.3 is 25.2 Å². The van der Waals surface area contributed by atoms with Gasteiger partial charge in [0.15, 0.2) is 0 Å². The number of halogens is 1. The van der Waals surface area contributed by atoms with Gasteiger partial charge in [-0.05, 0) is 36.4 Å². The molecule has 1 fully saturated rings. The van der Waals surface area contributed by atoms with Crippen molar-refractivity contribution in [2.45, 2.75) is 6.04 Å². The van der Waals surface area contributed by atoms with Gasteiger partial charge in [0.05, 0.1) is 19.8 Å². The minimum absolute atomic E-state index is 0.177. The van der Waals surface area contributed by atoms with E-state index in [0.29, 0.717) is 17.3 Å². The molecule has 7 heteroatoms. The van der Waals surface area contributed by atoms with Gasteiger partial charge in [0.25, 0.3) is 0 Å². The number of hydrogen-bond acceptors (Lipinski definition) is 3. The number of morpholine rings is 1. The van der Waals surface area contributed by atoms with Crippen LogP contribution in [-0.2, 0) is 4.74 Å². The lowest BCUT2D eigenvalue weighted by molar-refractivity contribution is -0.937. The summed E-state index contributed by atoms with van der Waals surface area (Å²) in [6.07, 6.45) is 0. The summed E-state index contributed by atoms with van der Waals surface area (Å²) in [5.74, 6) is 0. The van der Waals surface area contributed by atoms with Crippen molar-refractivity contribution in [1.82, 2.24) is 5.32 Å². The fourth-order valence-corrected chi connectivity index (χ4v) is 3.51. The molecule has 0 radical (unpaired) electrons. The number of urea groups is 1. The highest BCUT2D eigenvalue weighted by molar-refractivity contribution is 6.30. The predicted octanol–water partition coefficient (Wildman–Crippen LogP) is 2.18. The number of nitrogens with zero attached hydrogens (tertiary/aromatic N) is 1. The maximum Gasteiger partial charge on any atom is 0.319 e. The number of rotatable bonds is 6. The molecule has 0 aliphatic carbocycles. The second-order valence-corrected chi connectivity index (χ2v) is 7.59. The second kappa shape index (κ2) is 9.78. The van der Waals surface area contributed by atoms with Gasteiger partial charge in [-0.2, -0.15) is 0 Å². The lowest BCUT2D eigenvalue weighted by Gasteiger charge is -2.32. The average Bonchev–Trinajstić information content (AvgIpc) is 2.71. The van der Waals surface area contributed by atoms with Crippen LogP contribution in [0.4, 0.5) is 16.2 Å². The third-order valence-corrected chi connectivity index (χ3v) is 5.26. The van der Waals surface area contributed by atoms with Crippen LogP contribution in [0.3, 0.4) is 0 Å². The first-order valence-electron chi connectivity index (χ1n) is 9.53. The Morgan fingerprint density at radius 1 is 1.11 bits per heavy atom. The number of amides is 2. The molecule has 1 aliphatic rings. The molecule has 6 nitrogen and oxygen atoms in total. The topological polar surface area (TPSA) is 58.0 Å². The van der Waals surface area contributed by atoms with Gasteiger partial charge in [0, 0.05) is 36.1 Å². The van der Waals surface area contributed by atoms with Crippen molar-refractivity contribution in [3.05, 3.63) is 59.1 Å². The van der Waals surface area contributed by atoms with Gasteiger partial charge in [-0.15, -0.1) is 0 Å². The Kier molecular flexibility index (Phi) is 7.14. The first kappa shape index (κ1) is 20.5. The van der Waals surface area contributed by atoms with Crippen LogP contribution in [-0.4, -0.2) is 53.0 Å². The van der Waals surface area contributed by atoms with Gasteiger partial charge in [-0.3, -0.25) is 0 Å². The Hall–Kier alpha value is -2.28. The van der Waals surface area contributed by atoms with Crippen molar-refractivity contribution >= 4 is 29.0 Å². The molecule has 28 heavy (non-hydrogen) atoms. The molecule has 3 N–H and O–H groups in total. The van der Waals surface area contributed by atoms with E-state index in [2.05, 4.69) is 39.8 Å². The van der Waals surface area contributed by atoms with Gasteiger partial charge in [-0.25, -0.2) is 4.79 Å². The van der Waals surface area contributed by atoms with Crippen molar-refractivity contribution in [1.29, 1.82) is 0 Å². The van der Waals surface area contributed by atoms with E-state index in [0.717, 1.165) is 32.0 Å². The standard InChI is InChI=1S/C21H27ClN4O2/c1-25(2)19-9-3-16(4-10-19)20(26-11-13-28-14-12-26)15-23-21(27)24-18-7-5-17(22)6-8-18/h3-10,20H,11-15H2,1-2H3,(H2,23,24,27)/p+1/t20-/m1/s1. The molecular formula is C21H28ClN4O2+. The van der Waals surface area contributed by atoms with Crippen LogP contribution in [0.1, 0.15) is 11.6 Å². The fourth-order valence-electron chi connectivity index (χ4n) is 3.39. The van der Waals surface area contributed by atoms with E-state index in [9.17, 15) is 4.79 Å². The third kappa shape index (κ3) is 5.61. The number of ether oxygens (including phenoxy) is 1. The molecule has 3 rings (SSSR count). The van der Waals surface area contributed by atoms with Crippen LogP contribution in [0.25, 0.3) is 0 Å². The number of benzene rings is 2. The summed E-state index contributed by atoms with van der Waals surface area (Å²) >= 11 is 5.89. The average molecular weight is 404 g/mol. The van der Waals surface area contributed by atoms with E-state index in [4.69, 9.17) is 16.3 Å². The van der Waals surface area contributed by atoms with Gasteiger partial charge in [-0.1, -0.05) is 23.7 Å². The van der Waals surface area contributed by atoms with Crippen molar-refractivity contribution in [3.63, 3.8) is 0 Å². The zero-order valence-corrected chi connectivity index (χ0v) is 17.1. The van der Waals surface area contributed by atoms with E-state index < -0.39 is 0 Å². The lowest BCUT2D eigenvalue weighted by Crippen LogP contribution is -3.15. The van der Waals surface area contributed by atoms with E-state index in [1.807, 2.05) is 14.1 Å². The number of quaternary nitrogens is 1. The predicted molar refractivity (Wildman–Crippen MR) is 113 cm³/mol. The van der Waals surface area contributed by atoms with Crippen LogP contribution in [0.15, 0.2) is 48.5 Å². The summed E-state index contributed by atoms with van der Waals surface area (Å²) < 4.78 is 5.51. The van der Waals surface area contributed by atoms with Gasteiger partial charge in [0.2, 0.25) is 0 Å². The molecule has 150 valence electrons. The fraction of sp³-hybridized carbons (Fsp3) is 0.381. The van der Waals surface area contributed by atoms with E-state index >= 15 is 0 Å². The highest BCUT2D eigenvalue weighted by atomic mass is 35.5. The largest absolute Gasteiger partial charge is 0.378 e. The van der Waals surface area contributed by atoms with Crippen LogP contribution in [0, 0.1) is 0 Å². The molecule has 1 heterocycles. The SMILES string of the molecule is CN(C)c1ccc([C@@H](CNC(=O)Nc2ccc(Cl)cc2)[NH+]2CCOCC2)cc1. The molecule has 0 aromatic heterocycles. The van der Waals surface area contributed by atoms with E-state index in [1.165, 1.54) is 10.5 Å². The van der Waals surface area contributed by atoms with E-state index in [1.54, 1.807) is 24.3 Å². The number of carbonyl (C=O) groups is 1. The van der Waals surface area contributed by atoms with Crippen molar-refractivity contribution in [2.24, 2.45) is 0 Å². The molecule has 0 bridgehead atoms. The monoisotopic (exact) mass is 403 g/mol. The Balaban J connectivity index is 1.66. The first-order valence-corrected chi connectivity index (χ1v) is 9.91. The minimum Gasteiger partial charge on any atom is -0.378 e. The maximum atomic E-state index is 12.4. The number of nitrogens with one attached hydrogen (secondary N) is 3. The van der Waals surface area contributed by atoms with Gasteiger partial charge >= 0.3 is 6.03 Å². The van der Waals surface area contributed by atoms with Crippen molar-refractivity contribution in [3.8, 4) is 0 Å². The van der Waals surface area contributed by atoms with Crippen molar-refractivity contribution < 1.29 is 14.4 Å². The number of carbonyl (C=O) groups excluding carboxylic acids is 1.